The SMILES string of the molecule is Cc1c(C)c(C)c(S(=O)(=O)NCCC(=O)N[C@H]2Cc3cccc(O)c3C2)c(C)c1C. The van der Waals surface area contributed by atoms with Crippen molar-refractivity contribution in [3.05, 3.63) is 57.1 Å². The van der Waals surface area contributed by atoms with Crippen molar-refractivity contribution in [2.24, 2.45) is 0 Å². The Morgan fingerprint density at radius 3 is 2.20 bits per heavy atom. The minimum absolute atomic E-state index is 0.0317. The third-order valence-corrected chi connectivity index (χ3v) is 8.11. The van der Waals surface area contributed by atoms with E-state index >= 15 is 0 Å². The van der Waals surface area contributed by atoms with E-state index in [1.54, 1.807) is 12.1 Å². The Kier molecular flexibility index (Phi) is 6.24. The van der Waals surface area contributed by atoms with Crippen LogP contribution in [0.3, 0.4) is 0 Å². The number of benzene rings is 2. The summed E-state index contributed by atoms with van der Waals surface area (Å²) in [6.45, 7) is 9.54. The molecule has 0 fully saturated rings. The molecule has 2 aromatic carbocycles. The molecule has 3 N–H and O–H groups in total. The average Bonchev–Trinajstić information content (AvgIpc) is 3.08. The fourth-order valence-corrected chi connectivity index (χ4v) is 5.90. The van der Waals surface area contributed by atoms with Crippen LogP contribution < -0.4 is 10.0 Å². The topological polar surface area (TPSA) is 95.5 Å². The molecule has 0 bridgehead atoms. The maximum Gasteiger partial charge on any atom is 0.241 e. The van der Waals surface area contributed by atoms with Gasteiger partial charge >= 0.3 is 0 Å². The van der Waals surface area contributed by atoms with Crippen molar-refractivity contribution >= 4 is 15.9 Å². The van der Waals surface area contributed by atoms with Crippen molar-refractivity contribution in [1.29, 1.82) is 0 Å². The van der Waals surface area contributed by atoms with Crippen molar-refractivity contribution in [2.75, 3.05) is 6.54 Å². The molecular formula is C23H30N2O4S. The summed E-state index contributed by atoms with van der Waals surface area (Å²) < 4.78 is 28.4. The van der Waals surface area contributed by atoms with Crippen LogP contribution in [0.15, 0.2) is 23.1 Å². The van der Waals surface area contributed by atoms with Gasteiger partial charge in [-0.05, 0) is 92.5 Å². The number of rotatable bonds is 6. The summed E-state index contributed by atoms with van der Waals surface area (Å²) in [6.07, 6.45) is 1.31. The fourth-order valence-electron chi connectivity index (χ4n) is 4.27. The minimum Gasteiger partial charge on any atom is -0.508 e. The van der Waals surface area contributed by atoms with Crippen LogP contribution in [0.1, 0.15) is 45.4 Å². The van der Waals surface area contributed by atoms with Gasteiger partial charge in [-0.15, -0.1) is 0 Å². The molecule has 162 valence electrons. The minimum atomic E-state index is -3.72. The van der Waals surface area contributed by atoms with Gasteiger partial charge in [-0.25, -0.2) is 13.1 Å². The first-order valence-electron chi connectivity index (χ1n) is 10.2. The van der Waals surface area contributed by atoms with E-state index in [0.29, 0.717) is 17.7 Å². The molecule has 0 radical (unpaired) electrons. The highest BCUT2D eigenvalue weighted by Gasteiger charge is 2.26. The van der Waals surface area contributed by atoms with Gasteiger partial charge in [-0.2, -0.15) is 0 Å². The van der Waals surface area contributed by atoms with Crippen molar-refractivity contribution in [3.63, 3.8) is 0 Å². The van der Waals surface area contributed by atoms with Crippen LogP contribution in [0, 0.1) is 34.6 Å². The number of hydrogen-bond donors (Lipinski definition) is 3. The second kappa shape index (κ2) is 8.40. The summed E-state index contributed by atoms with van der Waals surface area (Å²) in [7, 11) is -3.72. The van der Waals surface area contributed by atoms with Crippen molar-refractivity contribution in [3.8, 4) is 5.75 Å². The number of amides is 1. The highest BCUT2D eigenvalue weighted by Crippen LogP contribution is 2.30. The highest BCUT2D eigenvalue weighted by atomic mass is 32.2. The summed E-state index contributed by atoms with van der Waals surface area (Å²) in [5.74, 6) is 0.0474. The van der Waals surface area contributed by atoms with E-state index in [2.05, 4.69) is 10.0 Å². The van der Waals surface area contributed by atoms with Crippen molar-refractivity contribution < 1.29 is 18.3 Å². The van der Waals surface area contributed by atoms with Gasteiger partial charge in [-0.3, -0.25) is 4.79 Å². The van der Waals surface area contributed by atoms with Gasteiger partial charge in [-0.1, -0.05) is 12.1 Å². The molecule has 0 unspecified atom stereocenters. The molecule has 0 spiro atoms. The van der Waals surface area contributed by atoms with Crippen LogP contribution in [-0.4, -0.2) is 32.0 Å². The highest BCUT2D eigenvalue weighted by molar-refractivity contribution is 7.89. The Morgan fingerprint density at radius 1 is 1.00 bits per heavy atom. The zero-order chi connectivity index (χ0) is 22.2. The molecular weight excluding hydrogens is 400 g/mol. The molecule has 0 aromatic heterocycles. The maximum atomic E-state index is 12.9. The number of nitrogens with one attached hydrogen (secondary N) is 2. The standard InChI is InChI=1S/C23H30N2O4S/c1-13-14(2)16(4)23(17(5)15(13)3)30(28,29)24-10-9-22(27)25-19-11-18-7-6-8-21(26)20(18)12-19/h6-8,19,24,26H,9-12H2,1-5H3,(H,25,27)/t19-/m0/s1. The Labute approximate surface area is 178 Å². The number of hydrogen-bond acceptors (Lipinski definition) is 4. The predicted molar refractivity (Wildman–Crippen MR) is 117 cm³/mol. The Hall–Kier alpha value is -2.38. The molecule has 6 nitrogen and oxygen atoms in total. The smallest absolute Gasteiger partial charge is 0.241 e. The number of phenols is 1. The predicted octanol–water partition coefficient (Wildman–Crippen LogP) is 2.89. The van der Waals surface area contributed by atoms with Gasteiger partial charge < -0.3 is 10.4 Å². The van der Waals surface area contributed by atoms with E-state index in [1.807, 2.05) is 40.7 Å². The van der Waals surface area contributed by atoms with E-state index in [-0.39, 0.29) is 30.7 Å². The lowest BCUT2D eigenvalue weighted by molar-refractivity contribution is -0.121. The Morgan fingerprint density at radius 2 is 1.60 bits per heavy atom. The molecule has 1 atom stereocenters. The van der Waals surface area contributed by atoms with E-state index in [4.69, 9.17) is 0 Å². The van der Waals surface area contributed by atoms with E-state index < -0.39 is 10.0 Å². The zero-order valence-corrected chi connectivity index (χ0v) is 19.0. The monoisotopic (exact) mass is 430 g/mol. The molecule has 2 aromatic rings. The van der Waals surface area contributed by atoms with Crippen LogP contribution in [0.2, 0.25) is 0 Å². The van der Waals surface area contributed by atoms with Gasteiger partial charge in [0.2, 0.25) is 15.9 Å². The van der Waals surface area contributed by atoms with Crippen LogP contribution in [0.4, 0.5) is 0 Å². The lowest BCUT2D eigenvalue weighted by Gasteiger charge is -2.19. The van der Waals surface area contributed by atoms with Gasteiger partial charge in [0.1, 0.15) is 5.75 Å². The summed E-state index contributed by atoms with van der Waals surface area (Å²) >= 11 is 0. The van der Waals surface area contributed by atoms with Gasteiger partial charge in [0.25, 0.3) is 0 Å². The van der Waals surface area contributed by atoms with E-state index in [1.165, 1.54) is 0 Å². The van der Waals surface area contributed by atoms with Crippen molar-refractivity contribution in [1.82, 2.24) is 10.0 Å². The molecule has 1 amide bonds. The largest absolute Gasteiger partial charge is 0.508 e. The van der Waals surface area contributed by atoms with Crippen LogP contribution in [-0.2, 0) is 27.7 Å². The number of carbonyl (C=O) groups excluding carboxylic acids is 1. The Balaban J connectivity index is 1.60. The zero-order valence-electron chi connectivity index (χ0n) is 18.2. The van der Waals surface area contributed by atoms with Crippen LogP contribution in [0.25, 0.3) is 0 Å². The van der Waals surface area contributed by atoms with E-state index in [9.17, 15) is 18.3 Å². The molecule has 0 aliphatic heterocycles. The first-order chi connectivity index (χ1) is 14.0. The van der Waals surface area contributed by atoms with Crippen LogP contribution >= 0.6 is 0 Å². The normalized spacial score (nSPS) is 15.8. The number of aromatic hydroxyl groups is 1. The second-order valence-corrected chi connectivity index (χ2v) is 9.89. The molecule has 0 saturated heterocycles. The molecule has 3 rings (SSSR count). The number of sulfonamides is 1. The third kappa shape index (κ3) is 4.23. The van der Waals surface area contributed by atoms with Gasteiger partial charge in [0.05, 0.1) is 4.90 Å². The first-order valence-corrected chi connectivity index (χ1v) is 11.7. The lowest BCUT2D eigenvalue weighted by atomic mass is 9.95. The number of phenolic OH excluding ortho intramolecular Hbond substituents is 1. The van der Waals surface area contributed by atoms with Gasteiger partial charge in [0.15, 0.2) is 0 Å². The molecule has 7 heteroatoms. The first kappa shape index (κ1) is 22.3. The molecule has 1 aliphatic carbocycles. The number of carbonyl (C=O) groups is 1. The molecule has 0 saturated carbocycles. The molecule has 1 aliphatic rings. The summed E-state index contributed by atoms with van der Waals surface area (Å²) in [6, 6.07) is 5.32. The van der Waals surface area contributed by atoms with E-state index in [0.717, 1.165) is 38.9 Å². The number of fused-ring (bicyclic) bond motifs is 1. The fraction of sp³-hybridized carbons (Fsp3) is 0.435. The second-order valence-electron chi connectivity index (χ2n) is 8.19. The summed E-state index contributed by atoms with van der Waals surface area (Å²) in [4.78, 5) is 12.6. The molecule has 0 heterocycles. The summed E-state index contributed by atoms with van der Waals surface area (Å²) in [5.41, 5.74) is 6.45. The maximum absolute atomic E-state index is 12.9. The molecule has 30 heavy (non-hydrogen) atoms. The Bertz CT molecular complexity index is 1080. The quantitative estimate of drug-likeness (QED) is 0.657. The van der Waals surface area contributed by atoms with Gasteiger partial charge in [0, 0.05) is 19.0 Å². The van der Waals surface area contributed by atoms with Crippen LogP contribution in [0.5, 0.6) is 5.75 Å². The average molecular weight is 431 g/mol. The summed E-state index contributed by atoms with van der Waals surface area (Å²) in [5, 5.41) is 12.9. The lowest BCUT2D eigenvalue weighted by Crippen LogP contribution is -2.37. The van der Waals surface area contributed by atoms with Crippen molar-refractivity contribution in [2.45, 2.75) is 64.8 Å². The third-order valence-electron chi connectivity index (χ3n) is 6.37.